The summed E-state index contributed by atoms with van der Waals surface area (Å²) in [6.45, 7) is 0.276. The maximum absolute atomic E-state index is 12.4. The highest BCUT2D eigenvalue weighted by Gasteiger charge is 2.16. The lowest BCUT2D eigenvalue weighted by atomic mass is 10.1. The van der Waals surface area contributed by atoms with Crippen LogP contribution in [0.1, 0.15) is 27.0 Å². The van der Waals surface area contributed by atoms with Crippen molar-refractivity contribution < 1.29 is 20.1 Å². The zero-order chi connectivity index (χ0) is 22.8. The van der Waals surface area contributed by atoms with Crippen molar-refractivity contribution in [3.05, 3.63) is 104 Å². The van der Waals surface area contributed by atoms with E-state index < -0.39 is 11.5 Å². The molecule has 0 saturated heterocycles. The Morgan fingerprint density at radius 1 is 1.12 bits per heavy atom. The first kappa shape index (κ1) is 21.0. The molecular weight excluding hydrogens is 430 g/mol. The Labute approximate surface area is 186 Å². The Morgan fingerprint density at radius 3 is 2.56 bits per heavy atom. The Morgan fingerprint density at radius 2 is 1.88 bits per heavy atom. The van der Waals surface area contributed by atoms with Crippen LogP contribution in [0.4, 0.5) is 0 Å². The summed E-state index contributed by atoms with van der Waals surface area (Å²) in [4.78, 5) is 30.5. The van der Waals surface area contributed by atoms with Crippen LogP contribution < -0.4 is 5.56 Å². The van der Waals surface area contributed by atoms with Gasteiger partial charge in [0.1, 0.15) is 16.9 Å². The second-order valence-electron chi connectivity index (χ2n) is 7.00. The van der Waals surface area contributed by atoms with Crippen LogP contribution in [0.2, 0.25) is 0 Å². The summed E-state index contributed by atoms with van der Waals surface area (Å²) < 4.78 is 1.52. The van der Waals surface area contributed by atoms with Gasteiger partial charge in [-0.1, -0.05) is 36.4 Å². The van der Waals surface area contributed by atoms with Crippen LogP contribution in [0.5, 0.6) is 11.6 Å². The molecule has 1 aliphatic heterocycles. The zero-order valence-corrected chi connectivity index (χ0v) is 17.3. The minimum absolute atomic E-state index is 0.00301. The Bertz CT molecular complexity index is 1430. The summed E-state index contributed by atoms with van der Waals surface area (Å²) in [6.07, 6.45) is 4.73. The Balaban J connectivity index is 1.70. The molecule has 2 aromatic carbocycles. The minimum Gasteiger partial charge on any atom is -0.507 e. The molecule has 4 N–H and O–H groups in total. The first-order valence-electron chi connectivity index (χ1n) is 9.48. The highest BCUT2D eigenvalue weighted by Crippen LogP contribution is 2.24. The lowest BCUT2D eigenvalue weighted by Gasteiger charge is -2.11. The molecule has 8 nitrogen and oxygen atoms in total. The molecule has 0 atom stereocenters. The van der Waals surface area contributed by atoms with Gasteiger partial charge in [0, 0.05) is 5.56 Å². The fourth-order valence-corrected chi connectivity index (χ4v) is 3.50. The highest BCUT2D eigenvalue weighted by atomic mass is 32.1. The monoisotopic (exact) mass is 447 g/mol. The topological polar surface area (TPSA) is 128 Å². The molecule has 0 radical (unpaired) electrons. The average Bonchev–Trinajstić information content (AvgIpc) is 3.23. The molecule has 0 fully saturated rings. The number of hydrogen-bond donors (Lipinski definition) is 4. The quantitative estimate of drug-likeness (QED) is 0.444. The number of aromatic amines is 1. The van der Waals surface area contributed by atoms with E-state index in [1.165, 1.54) is 28.8 Å². The van der Waals surface area contributed by atoms with Crippen LogP contribution >= 0.6 is 12.2 Å². The number of benzene rings is 2. The average molecular weight is 447 g/mol. The van der Waals surface area contributed by atoms with Crippen molar-refractivity contribution in [2.75, 3.05) is 0 Å². The molecule has 2 heterocycles. The van der Waals surface area contributed by atoms with E-state index in [4.69, 9.17) is 17.3 Å². The summed E-state index contributed by atoms with van der Waals surface area (Å²) in [5.74, 6) is -1.89. The fourth-order valence-electron chi connectivity index (χ4n) is 3.26. The standard InChI is InChI=1S/C23H17N3O5S/c27-19-10-14(6-8-16(19)22(30)31)18-9-7-15(24-18)11-17-20(28)25-23(32)26(21(17)29)12-13-4-2-1-3-5-13/h1-11,27,29H,12H2,(H,30,31)(H,25,28,32)/b15-11+. The van der Waals surface area contributed by atoms with Gasteiger partial charge in [0.05, 0.1) is 18.0 Å². The van der Waals surface area contributed by atoms with Gasteiger partial charge in [0.15, 0.2) is 4.77 Å². The van der Waals surface area contributed by atoms with E-state index in [1.54, 1.807) is 12.2 Å². The van der Waals surface area contributed by atoms with Gasteiger partial charge in [-0.25, -0.2) is 9.79 Å². The molecule has 0 saturated carbocycles. The fraction of sp³-hybridized carbons (Fsp3) is 0.0435. The lowest BCUT2D eigenvalue weighted by Crippen LogP contribution is -2.17. The molecule has 9 heteroatoms. The number of hydrogen-bond acceptors (Lipinski definition) is 6. The van der Waals surface area contributed by atoms with Crippen molar-refractivity contribution in [3.8, 4) is 11.6 Å². The van der Waals surface area contributed by atoms with Crippen molar-refractivity contribution >= 4 is 30.0 Å². The predicted octanol–water partition coefficient (Wildman–Crippen LogP) is 3.46. The first-order valence-corrected chi connectivity index (χ1v) is 9.89. The van der Waals surface area contributed by atoms with Crippen molar-refractivity contribution in [2.45, 2.75) is 6.54 Å². The van der Waals surface area contributed by atoms with E-state index in [-0.39, 0.29) is 34.1 Å². The summed E-state index contributed by atoms with van der Waals surface area (Å²) in [5.41, 5.74) is 1.51. The van der Waals surface area contributed by atoms with Gasteiger partial charge in [0.25, 0.3) is 5.56 Å². The zero-order valence-electron chi connectivity index (χ0n) is 16.5. The number of allylic oxidation sites excluding steroid dienone is 2. The molecule has 0 amide bonds. The van der Waals surface area contributed by atoms with Crippen LogP contribution in [-0.2, 0) is 6.54 Å². The van der Waals surface area contributed by atoms with Gasteiger partial charge < -0.3 is 15.3 Å². The normalized spacial score (nSPS) is 14.0. The number of rotatable bonds is 5. The van der Waals surface area contributed by atoms with Crippen molar-refractivity contribution in [1.29, 1.82) is 0 Å². The van der Waals surface area contributed by atoms with Crippen molar-refractivity contribution in [3.63, 3.8) is 0 Å². The third-order valence-electron chi connectivity index (χ3n) is 4.87. The number of carboxylic acids is 1. The molecule has 1 aromatic heterocycles. The van der Waals surface area contributed by atoms with E-state index in [1.807, 2.05) is 30.3 Å². The molecule has 160 valence electrons. The number of aromatic hydroxyl groups is 2. The predicted molar refractivity (Wildman–Crippen MR) is 122 cm³/mol. The summed E-state index contributed by atoms with van der Waals surface area (Å²) in [7, 11) is 0. The Kier molecular flexibility index (Phi) is 5.57. The van der Waals surface area contributed by atoms with Crippen LogP contribution in [0.3, 0.4) is 0 Å². The maximum Gasteiger partial charge on any atom is 0.339 e. The van der Waals surface area contributed by atoms with Crippen LogP contribution in [0, 0.1) is 4.77 Å². The van der Waals surface area contributed by atoms with Gasteiger partial charge >= 0.3 is 5.97 Å². The number of aliphatic imine (C=N–C) groups is 1. The van der Waals surface area contributed by atoms with E-state index in [9.17, 15) is 19.8 Å². The number of H-pyrrole nitrogens is 1. The molecule has 0 unspecified atom stereocenters. The van der Waals surface area contributed by atoms with Crippen molar-refractivity contribution in [1.82, 2.24) is 9.55 Å². The molecule has 0 bridgehead atoms. The number of aromatic carboxylic acids is 1. The van der Waals surface area contributed by atoms with Gasteiger partial charge in [-0.2, -0.15) is 0 Å². The second kappa shape index (κ2) is 8.48. The van der Waals surface area contributed by atoms with Gasteiger partial charge in [-0.15, -0.1) is 0 Å². The number of carboxylic acid groups (broad SMARTS) is 1. The van der Waals surface area contributed by atoms with E-state index in [0.29, 0.717) is 17.0 Å². The lowest BCUT2D eigenvalue weighted by molar-refractivity contribution is 0.0693. The first-order chi connectivity index (χ1) is 15.3. The maximum atomic E-state index is 12.4. The molecule has 3 aromatic rings. The van der Waals surface area contributed by atoms with Crippen LogP contribution in [-0.4, -0.2) is 36.6 Å². The number of aromatic nitrogens is 2. The number of nitrogens with one attached hydrogen (secondary N) is 1. The molecule has 4 rings (SSSR count). The highest BCUT2D eigenvalue weighted by molar-refractivity contribution is 7.71. The van der Waals surface area contributed by atoms with E-state index >= 15 is 0 Å². The molecule has 32 heavy (non-hydrogen) atoms. The number of nitrogens with zero attached hydrogens (tertiary/aromatic N) is 2. The largest absolute Gasteiger partial charge is 0.507 e. The van der Waals surface area contributed by atoms with E-state index in [0.717, 1.165) is 5.56 Å². The van der Waals surface area contributed by atoms with Crippen LogP contribution in [0.15, 0.2) is 76.2 Å². The molecule has 1 aliphatic rings. The second-order valence-corrected chi connectivity index (χ2v) is 7.39. The van der Waals surface area contributed by atoms with Crippen molar-refractivity contribution in [2.24, 2.45) is 4.99 Å². The molecule has 0 aliphatic carbocycles. The minimum atomic E-state index is -1.23. The molecule has 0 spiro atoms. The van der Waals surface area contributed by atoms with Gasteiger partial charge in [-0.05, 0) is 48.1 Å². The van der Waals surface area contributed by atoms with Gasteiger partial charge in [0.2, 0.25) is 5.88 Å². The SMILES string of the molecule is O=C(O)c1ccc(C2=N/C(=C/c3c(O)n(Cc4ccccc4)c(=S)[nH]c3=O)C=C2)cc1O. The molecular formula is C23H17N3O5S. The number of carbonyl (C=O) groups is 1. The third-order valence-corrected chi connectivity index (χ3v) is 5.19. The summed E-state index contributed by atoms with van der Waals surface area (Å²) in [5, 5.41) is 29.7. The summed E-state index contributed by atoms with van der Waals surface area (Å²) >= 11 is 5.21. The third kappa shape index (κ3) is 4.14. The number of phenols is 1. The van der Waals surface area contributed by atoms with Gasteiger partial charge in [-0.3, -0.25) is 14.3 Å². The van der Waals surface area contributed by atoms with Crippen LogP contribution in [0.25, 0.3) is 6.08 Å². The summed E-state index contributed by atoms with van der Waals surface area (Å²) in [6, 6.07) is 13.5. The van der Waals surface area contributed by atoms with E-state index in [2.05, 4.69) is 9.98 Å². The smallest absolute Gasteiger partial charge is 0.339 e. The Hall–Kier alpha value is -4.24.